The molecule has 0 saturated carbocycles. The summed E-state index contributed by atoms with van der Waals surface area (Å²) in [6.07, 6.45) is 1.65. The molecule has 4 rings (SSSR count). The number of hydrogen-bond acceptors (Lipinski definition) is 8. The lowest BCUT2D eigenvalue weighted by Crippen LogP contribution is -2.42. The molecule has 0 radical (unpaired) electrons. The van der Waals surface area contributed by atoms with Crippen LogP contribution in [-0.2, 0) is 4.74 Å². The number of carbonyl (C=O) groups excluding carboxylic acids is 2. The van der Waals surface area contributed by atoms with Crippen molar-refractivity contribution in [1.29, 1.82) is 5.26 Å². The van der Waals surface area contributed by atoms with Crippen LogP contribution in [0.2, 0.25) is 0 Å². The van der Waals surface area contributed by atoms with E-state index >= 15 is 0 Å². The number of nitrogens with one attached hydrogen (secondary N) is 3. The van der Waals surface area contributed by atoms with Crippen LogP contribution in [0.25, 0.3) is 11.3 Å². The first-order valence-electron chi connectivity index (χ1n) is 12.4. The molecular formula is C28H31N7O3. The first-order valence-corrected chi connectivity index (χ1v) is 12.4. The summed E-state index contributed by atoms with van der Waals surface area (Å²) in [5, 5.41) is 17.4. The van der Waals surface area contributed by atoms with Crippen LogP contribution in [-0.4, -0.2) is 60.2 Å². The van der Waals surface area contributed by atoms with E-state index in [1.54, 1.807) is 36.5 Å². The fourth-order valence-electron chi connectivity index (χ4n) is 4.01. The van der Waals surface area contributed by atoms with Crippen LogP contribution >= 0.6 is 0 Å². The summed E-state index contributed by atoms with van der Waals surface area (Å²) < 4.78 is 5.48. The standard InChI is InChI=1S/C28H31N7O3/c1-28(2,3)34-26(37)22-18-21(8-9-24(22)35-14-16-38-17-15-35)32-27-31-12-10-23(33-27)19-4-6-20(7-5-19)25(36)30-13-11-29/h4-10,12,18H,13-17H2,1-3H3,(H,30,36)(H,34,37)(H,31,32,33). The van der Waals surface area contributed by atoms with Crippen molar-refractivity contribution in [3.63, 3.8) is 0 Å². The number of morpholine rings is 1. The Kier molecular flexibility index (Phi) is 8.19. The van der Waals surface area contributed by atoms with Crippen LogP contribution in [0.15, 0.2) is 54.7 Å². The number of rotatable bonds is 7. The van der Waals surface area contributed by atoms with Gasteiger partial charge in [0.2, 0.25) is 5.95 Å². The van der Waals surface area contributed by atoms with Gasteiger partial charge in [-0.05, 0) is 57.2 Å². The van der Waals surface area contributed by atoms with Crippen molar-refractivity contribution in [1.82, 2.24) is 20.6 Å². The summed E-state index contributed by atoms with van der Waals surface area (Å²) in [6.45, 7) is 8.47. The van der Waals surface area contributed by atoms with Crippen molar-refractivity contribution in [2.24, 2.45) is 0 Å². The van der Waals surface area contributed by atoms with Gasteiger partial charge in [0, 0.05) is 47.3 Å². The third-order valence-electron chi connectivity index (χ3n) is 5.76. The van der Waals surface area contributed by atoms with Crippen LogP contribution < -0.4 is 20.9 Å². The zero-order valence-corrected chi connectivity index (χ0v) is 21.7. The third kappa shape index (κ3) is 6.83. The molecule has 3 N–H and O–H groups in total. The van der Waals surface area contributed by atoms with Gasteiger partial charge in [-0.1, -0.05) is 12.1 Å². The zero-order valence-electron chi connectivity index (χ0n) is 21.7. The van der Waals surface area contributed by atoms with Crippen molar-refractivity contribution >= 4 is 29.1 Å². The molecule has 0 aliphatic carbocycles. The molecule has 2 heterocycles. The summed E-state index contributed by atoms with van der Waals surface area (Å²) in [6, 6.07) is 16.3. The van der Waals surface area contributed by atoms with Crippen LogP contribution in [0.4, 0.5) is 17.3 Å². The Balaban J connectivity index is 1.56. The molecule has 10 nitrogen and oxygen atoms in total. The number of carbonyl (C=O) groups is 2. The Morgan fingerprint density at radius 1 is 1.05 bits per heavy atom. The minimum Gasteiger partial charge on any atom is -0.378 e. The van der Waals surface area contributed by atoms with Gasteiger partial charge in [-0.15, -0.1) is 0 Å². The Labute approximate surface area is 222 Å². The highest BCUT2D eigenvalue weighted by atomic mass is 16.5. The molecule has 0 atom stereocenters. The number of nitrogens with zero attached hydrogens (tertiary/aromatic N) is 4. The summed E-state index contributed by atoms with van der Waals surface area (Å²) in [5.74, 6) is -0.0918. The monoisotopic (exact) mass is 513 g/mol. The van der Waals surface area contributed by atoms with E-state index in [1.165, 1.54) is 0 Å². The van der Waals surface area contributed by atoms with Gasteiger partial charge >= 0.3 is 0 Å². The van der Waals surface area contributed by atoms with Crippen LogP contribution in [0.5, 0.6) is 0 Å². The highest BCUT2D eigenvalue weighted by molar-refractivity contribution is 6.01. The van der Waals surface area contributed by atoms with E-state index < -0.39 is 0 Å². The third-order valence-corrected chi connectivity index (χ3v) is 5.76. The molecule has 3 aromatic rings. The molecule has 1 aliphatic rings. The zero-order chi connectivity index (χ0) is 27.1. The first kappa shape index (κ1) is 26.6. The minimum atomic E-state index is -0.383. The minimum absolute atomic E-state index is 0.0471. The van der Waals surface area contributed by atoms with Gasteiger partial charge in [0.1, 0.15) is 6.54 Å². The normalized spacial score (nSPS) is 13.4. The SMILES string of the molecule is CC(C)(C)NC(=O)c1cc(Nc2nccc(-c3ccc(C(=O)NCC#N)cc3)n2)ccc1N1CCOCC1. The van der Waals surface area contributed by atoms with Crippen molar-refractivity contribution in [2.75, 3.05) is 43.1 Å². The van der Waals surface area contributed by atoms with Gasteiger partial charge in [-0.2, -0.15) is 5.26 Å². The molecule has 1 saturated heterocycles. The second kappa shape index (κ2) is 11.7. The molecule has 1 aromatic heterocycles. The lowest BCUT2D eigenvalue weighted by molar-refractivity contribution is 0.0916. The molecule has 2 aromatic carbocycles. The summed E-state index contributed by atoms with van der Waals surface area (Å²) in [4.78, 5) is 36.4. The van der Waals surface area contributed by atoms with E-state index in [-0.39, 0.29) is 23.9 Å². The van der Waals surface area contributed by atoms with Crippen molar-refractivity contribution in [3.8, 4) is 17.3 Å². The van der Waals surface area contributed by atoms with Gasteiger partial charge in [-0.25, -0.2) is 9.97 Å². The van der Waals surface area contributed by atoms with Gasteiger partial charge < -0.3 is 25.6 Å². The Morgan fingerprint density at radius 2 is 1.79 bits per heavy atom. The maximum absolute atomic E-state index is 13.2. The molecule has 38 heavy (non-hydrogen) atoms. The van der Waals surface area contributed by atoms with Crippen LogP contribution in [0.1, 0.15) is 41.5 Å². The molecule has 196 valence electrons. The Bertz CT molecular complexity index is 1340. The van der Waals surface area contributed by atoms with Gasteiger partial charge in [0.15, 0.2) is 0 Å². The number of benzene rings is 2. The van der Waals surface area contributed by atoms with E-state index in [1.807, 2.05) is 45.0 Å². The lowest BCUT2D eigenvalue weighted by atomic mass is 10.1. The van der Waals surface area contributed by atoms with Crippen molar-refractivity contribution in [2.45, 2.75) is 26.3 Å². The lowest BCUT2D eigenvalue weighted by Gasteiger charge is -2.31. The van der Waals surface area contributed by atoms with Gasteiger partial charge in [0.25, 0.3) is 11.8 Å². The second-order valence-electron chi connectivity index (χ2n) is 9.84. The molecule has 1 aliphatic heterocycles. The summed E-state index contributed by atoms with van der Waals surface area (Å²) >= 11 is 0. The maximum atomic E-state index is 13.2. The largest absolute Gasteiger partial charge is 0.378 e. The average Bonchev–Trinajstić information content (AvgIpc) is 2.91. The molecule has 0 bridgehead atoms. The van der Waals surface area contributed by atoms with E-state index in [4.69, 9.17) is 10.00 Å². The fourth-order valence-corrected chi connectivity index (χ4v) is 4.01. The molecule has 0 unspecified atom stereocenters. The highest BCUT2D eigenvalue weighted by Gasteiger charge is 2.22. The maximum Gasteiger partial charge on any atom is 0.253 e. The number of hydrogen-bond donors (Lipinski definition) is 3. The van der Waals surface area contributed by atoms with E-state index in [0.717, 1.165) is 11.3 Å². The van der Waals surface area contributed by atoms with Crippen LogP contribution in [0, 0.1) is 11.3 Å². The highest BCUT2D eigenvalue weighted by Crippen LogP contribution is 2.28. The second-order valence-corrected chi connectivity index (χ2v) is 9.84. The average molecular weight is 514 g/mol. The predicted octanol–water partition coefficient (Wildman–Crippen LogP) is 3.51. The number of amides is 2. The topological polar surface area (TPSA) is 132 Å². The number of ether oxygens (including phenoxy) is 1. The van der Waals surface area contributed by atoms with E-state index in [0.29, 0.717) is 54.8 Å². The quantitative estimate of drug-likeness (QED) is 0.409. The molecule has 0 spiro atoms. The molecule has 10 heteroatoms. The van der Waals surface area contributed by atoms with Gasteiger partial charge in [0.05, 0.1) is 30.5 Å². The van der Waals surface area contributed by atoms with Crippen LogP contribution in [0.3, 0.4) is 0 Å². The number of nitriles is 1. The number of aromatic nitrogens is 2. The molecular weight excluding hydrogens is 482 g/mol. The van der Waals surface area contributed by atoms with Gasteiger partial charge in [-0.3, -0.25) is 9.59 Å². The van der Waals surface area contributed by atoms with E-state index in [2.05, 4.69) is 30.8 Å². The summed E-state index contributed by atoms with van der Waals surface area (Å²) in [7, 11) is 0. The predicted molar refractivity (Wildman–Crippen MR) is 145 cm³/mol. The molecule has 1 fully saturated rings. The number of anilines is 3. The first-order chi connectivity index (χ1) is 18.2. The Hall–Kier alpha value is -4.49. The van der Waals surface area contributed by atoms with Crippen molar-refractivity contribution < 1.29 is 14.3 Å². The van der Waals surface area contributed by atoms with Crippen molar-refractivity contribution in [3.05, 3.63) is 65.9 Å². The smallest absolute Gasteiger partial charge is 0.253 e. The fraction of sp³-hybridized carbons (Fsp3) is 0.321. The molecule has 2 amide bonds. The Morgan fingerprint density at radius 3 is 2.47 bits per heavy atom. The van der Waals surface area contributed by atoms with E-state index in [9.17, 15) is 9.59 Å². The summed E-state index contributed by atoms with van der Waals surface area (Å²) in [5.41, 5.74) is 3.65.